The molecule has 1 saturated heterocycles. The van der Waals surface area contributed by atoms with Gasteiger partial charge in [0.15, 0.2) is 5.96 Å². The Morgan fingerprint density at radius 3 is 2.48 bits per heavy atom. The first-order valence-corrected chi connectivity index (χ1v) is 8.97. The summed E-state index contributed by atoms with van der Waals surface area (Å²) >= 11 is 0. The Morgan fingerprint density at radius 2 is 1.81 bits per heavy atom. The number of guanidine groups is 1. The fourth-order valence-electron chi connectivity index (χ4n) is 3.41. The Labute approximate surface area is 130 Å². The molecule has 1 heterocycles. The van der Waals surface area contributed by atoms with Gasteiger partial charge in [0.25, 0.3) is 0 Å². The van der Waals surface area contributed by atoms with Crippen LogP contribution in [-0.2, 0) is 0 Å². The number of likely N-dealkylation sites (tertiary alicyclic amines) is 1. The number of nitrogens with zero attached hydrogens (tertiary/aromatic N) is 2. The number of hydrogen-bond donors (Lipinski definition) is 2. The van der Waals surface area contributed by atoms with Crippen LogP contribution in [0.4, 0.5) is 0 Å². The van der Waals surface area contributed by atoms with E-state index in [-0.39, 0.29) is 0 Å². The van der Waals surface area contributed by atoms with E-state index in [2.05, 4.69) is 27.4 Å². The summed E-state index contributed by atoms with van der Waals surface area (Å²) in [6.45, 7) is 7.29. The zero-order valence-electron chi connectivity index (χ0n) is 14.0. The van der Waals surface area contributed by atoms with Gasteiger partial charge >= 0.3 is 0 Å². The average molecular weight is 294 g/mol. The van der Waals surface area contributed by atoms with Crippen molar-refractivity contribution in [3.63, 3.8) is 0 Å². The van der Waals surface area contributed by atoms with Gasteiger partial charge in [-0.3, -0.25) is 4.99 Å². The highest BCUT2D eigenvalue weighted by Crippen LogP contribution is 2.17. The Hall–Kier alpha value is -0.770. The van der Waals surface area contributed by atoms with Crippen LogP contribution < -0.4 is 10.6 Å². The summed E-state index contributed by atoms with van der Waals surface area (Å²) in [5.74, 6) is 1.93. The molecule has 0 atom stereocenters. The molecule has 0 bridgehead atoms. The second kappa shape index (κ2) is 9.29. The molecule has 122 valence electrons. The summed E-state index contributed by atoms with van der Waals surface area (Å²) in [5, 5.41) is 7.00. The maximum absolute atomic E-state index is 4.33. The molecule has 2 rings (SSSR count). The molecule has 2 fully saturated rings. The van der Waals surface area contributed by atoms with E-state index in [9.17, 15) is 0 Å². The molecule has 1 saturated carbocycles. The molecule has 0 unspecified atom stereocenters. The Morgan fingerprint density at radius 1 is 1.10 bits per heavy atom. The standard InChI is InChI=1S/C17H34N4/c1-15-9-13-21(14-10-15)12-6-5-11-19-17(18-2)20-16-7-3-4-8-16/h15-16H,3-14H2,1-2H3,(H2,18,19,20). The number of hydrogen-bond acceptors (Lipinski definition) is 2. The minimum Gasteiger partial charge on any atom is -0.356 e. The fourth-order valence-corrected chi connectivity index (χ4v) is 3.41. The Kier molecular flexibility index (Phi) is 7.34. The first-order valence-electron chi connectivity index (χ1n) is 8.97. The van der Waals surface area contributed by atoms with E-state index in [4.69, 9.17) is 0 Å². The van der Waals surface area contributed by atoms with E-state index >= 15 is 0 Å². The Balaban J connectivity index is 1.50. The van der Waals surface area contributed by atoms with Crippen LogP contribution in [0.25, 0.3) is 0 Å². The van der Waals surface area contributed by atoms with Crippen molar-refractivity contribution in [2.75, 3.05) is 33.2 Å². The van der Waals surface area contributed by atoms with Crippen molar-refractivity contribution >= 4 is 5.96 Å². The summed E-state index contributed by atoms with van der Waals surface area (Å²) in [6.07, 6.45) is 10.6. The largest absolute Gasteiger partial charge is 0.356 e. The molecule has 0 radical (unpaired) electrons. The van der Waals surface area contributed by atoms with Gasteiger partial charge in [0, 0.05) is 19.6 Å². The molecular formula is C17H34N4. The van der Waals surface area contributed by atoms with Crippen molar-refractivity contribution in [3.05, 3.63) is 0 Å². The number of nitrogens with one attached hydrogen (secondary N) is 2. The SMILES string of the molecule is CN=C(NCCCCN1CCC(C)CC1)NC1CCCC1. The lowest BCUT2D eigenvalue weighted by molar-refractivity contribution is 0.189. The monoisotopic (exact) mass is 294 g/mol. The Bertz CT molecular complexity index is 302. The minimum absolute atomic E-state index is 0.645. The van der Waals surface area contributed by atoms with Gasteiger partial charge < -0.3 is 15.5 Å². The van der Waals surface area contributed by atoms with Crippen molar-refractivity contribution < 1.29 is 0 Å². The van der Waals surface area contributed by atoms with Gasteiger partial charge in [-0.2, -0.15) is 0 Å². The van der Waals surface area contributed by atoms with E-state index in [1.165, 1.54) is 71.0 Å². The lowest BCUT2D eigenvalue weighted by atomic mass is 9.99. The van der Waals surface area contributed by atoms with Crippen LogP contribution >= 0.6 is 0 Å². The summed E-state index contributed by atoms with van der Waals surface area (Å²) in [5.41, 5.74) is 0. The van der Waals surface area contributed by atoms with E-state index in [0.717, 1.165) is 18.4 Å². The van der Waals surface area contributed by atoms with Crippen molar-refractivity contribution in [3.8, 4) is 0 Å². The van der Waals surface area contributed by atoms with Crippen molar-refractivity contribution in [1.82, 2.24) is 15.5 Å². The topological polar surface area (TPSA) is 39.7 Å². The third-order valence-electron chi connectivity index (χ3n) is 4.99. The van der Waals surface area contributed by atoms with Gasteiger partial charge in [-0.15, -0.1) is 0 Å². The summed E-state index contributed by atoms with van der Waals surface area (Å²) < 4.78 is 0. The van der Waals surface area contributed by atoms with Crippen molar-refractivity contribution in [2.45, 2.75) is 64.3 Å². The quantitative estimate of drug-likeness (QED) is 0.449. The maximum Gasteiger partial charge on any atom is 0.191 e. The van der Waals surface area contributed by atoms with Gasteiger partial charge in [0.05, 0.1) is 0 Å². The summed E-state index contributed by atoms with van der Waals surface area (Å²) in [7, 11) is 1.87. The van der Waals surface area contributed by atoms with Crippen molar-refractivity contribution in [2.24, 2.45) is 10.9 Å². The zero-order valence-corrected chi connectivity index (χ0v) is 14.0. The van der Waals surface area contributed by atoms with E-state index in [1.807, 2.05) is 7.05 Å². The van der Waals surface area contributed by atoms with E-state index < -0.39 is 0 Å². The average Bonchev–Trinajstić information content (AvgIpc) is 3.00. The second-order valence-electron chi connectivity index (χ2n) is 6.86. The van der Waals surface area contributed by atoms with Crippen molar-refractivity contribution in [1.29, 1.82) is 0 Å². The highest BCUT2D eigenvalue weighted by atomic mass is 15.2. The van der Waals surface area contributed by atoms with Crippen LogP contribution in [0.2, 0.25) is 0 Å². The molecule has 4 nitrogen and oxygen atoms in total. The number of piperidine rings is 1. The molecule has 4 heteroatoms. The number of unbranched alkanes of at least 4 members (excludes halogenated alkanes) is 1. The predicted molar refractivity (Wildman–Crippen MR) is 90.8 cm³/mol. The smallest absolute Gasteiger partial charge is 0.191 e. The normalized spacial score (nSPS) is 22.7. The molecule has 21 heavy (non-hydrogen) atoms. The van der Waals surface area contributed by atoms with Gasteiger partial charge in [-0.25, -0.2) is 0 Å². The first kappa shape index (κ1) is 16.6. The van der Waals surface area contributed by atoms with Crippen LogP contribution in [0.15, 0.2) is 4.99 Å². The minimum atomic E-state index is 0.645. The molecule has 2 N–H and O–H groups in total. The van der Waals surface area contributed by atoms with Gasteiger partial charge in [0.2, 0.25) is 0 Å². The van der Waals surface area contributed by atoms with E-state index in [0.29, 0.717) is 6.04 Å². The van der Waals surface area contributed by atoms with E-state index in [1.54, 1.807) is 0 Å². The molecular weight excluding hydrogens is 260 g/mol. The maximum atomic E-state index is 4.33. The zero-order chi connectivity index (χ0) is 14.9. The third-order valence-corrected chi connectivity index (χ3v) is 4.99. The van der Waals surface area contributed by atoms with Crippen LogP contribution in [0, 0.1) is 5.92 Å². The van der Waals surface area contributed by atoms with Crippen LogP contribution in [0.1, 0.15) is 58.3 Å². The lowest BCUT2D eigenvalue weighted by Gasteiger charge is -2.30. The van der Waals surface area contributed by atoms with Gasteiger partial charge in [-0.05, 0) is 64.1 Å². The number of rotatable bonds is 6. The molecule has 0 aromatic rings. The molecule has 1 aliphatic heterocycles. The van der Waals surface area contributed by atoms with Crippen LogP contribution in [-0.4, -0.2) is 50.1 Å². The van der Waals surface area contributed by atoms with Crippen LogP contribution in [0.3, 0.4) is 0 Å². The lowest BCUT2D eigenvalue weighted by Crippen LogP contribution is -2.42. The summed E-state index contributed by atoms with van der Waals surface area (Å²) in [4.78, 5) is 6.96. The molecule has 0 amide bonds. The van der Waals surface area contributed by atoms with Gasteiger partial charge in [-0.1, -0.05) is 19.8 Å². The van der Waals surface area contributed by atoms with Crippen LogP contribution in [0.5, 0.6) is 0 Å². The first-order chi connectivity index (χ1) is 10.3. The highest BCUT2D eigenvalue weighted by molar-refractivity contribution is 5.79. The molecule has 0 aromatic heterocycles. The predicted octanol–water partition coefficient (Wildman–Crippen LogP) is 2.61. The molecule has 2 aliphatic rings. The highest BCUT2D eigenvalue weighted by Gasteiger charge is 2.16. The molecule has 0 aromatic carbocycles. The fraction of sp³-hybridized carbons (Fsp3) is 0.941. The molecule has 1 aliphatic carbocycles. The second-order valence-corrected chi connectivity index (χ2v) is 6.86. The number of aliphatic imine (C=N–C) groups is 1. The van der Waals surface area contributed by atoms with Gasteiger partial charge in [0.1, 0.15) is 0 Å². The summed E-state index contributed by atoms with van der Waals surface area (Å²) in [6, 6.07) is 0.645. The molecule has 0 spiro atoms. The third kappa shape index (κ3) is 6.25.